The van der Waals surface area contributed by atoms with Crippen molar-refractivity contribution in [2.24, 2.45) is 0 Å². The molecule has 1 atom stereocenters. The first-order valence-electron chi connectivity index (χ1n) is 11.2. The number of carbonyl (C=O) groups is 2. The van der Waals surface area contributed by atoms with E-state index in [1.807, 2.05) is 66.1 Å². The molecule has 0 aliphatic heterocycles. The molecule has 8 heteroatoms. The van der Waals surface area contributed by atoms with Crippen molar-refractivity contribution in [3.05, 3.63) is 90.0 Å². The van der Waals surface area contributed by atoms with Gasteiger partial charge in [-0.15, -0.1) is 10.2 Å². The van der Waals surface area contributed by atoms with E-state index < -0.39 is 5.25 Å². The molecule has 1 aromatic heterocycles. The van der Waals surface area contributed by atoms with Crippen molar-refractivity contribution >= 4 is 29.1 Å². The number of amides is 1. The minimum absolute atomic E-state index is 0.0181. The number of thioether (sulfide) groups is 1. The summed E-state index contributed by atoms with van der Waals surface area (Å²) in [6.45, 7) is 3.88. The lowest BCUT2D eigenvalue weighted by molar-refractivity contribution is -0.115. The lowest BCUT2D eigenvalue weighted by atomic mass is 10.1. The van der Waals surface area contributed by atoms with Gasteiger partial charge in [0.1, 0.15) is 5.75 Å². The number of carbonyl (C=O) groups excluding carboxylic acids is 2. The molecule has 1 amide bonds. The molecule has 7 nitrogen and oxygen atoms in total. The minimum Gasteiger partial charge on any atom is -0.496 e. The van der Waals surface area contributed by atoms with Gasteiger partial charge in [-0.1, -0.05) is 54.2 Å². The summed E-state index contributed by atoms with van der Waals surface area (Å²) in [7, 11) is 1.63. The topological polar surface area (TPSA) is 86.1 Å². The molecule has 4 rings (SSSR count). The van der Waals surface area contributed by atoms with E-state index in [9.17, 15) is 9.59 Å². The Balaban J connectivity index is 1.59. The summed E-state index contributed by atoms with van der Waals surface area (Å²) in [5.41, 5.74) is 3.15. The number of rotatable bonds is 9. The standard InChI is InChI=1S/C27H26N4O3S/c1-18(32)21-13-15-22(16-14-21)28-26(33)19(2)35-27-30-29-25(23-11-7-8-12-24(23)34-3)31(27)17-20-9-5-4-6-10-20/h4-16,19H,17H2,1-3H3,(H,28,33). The summed E-state index contributed by atoms with van der Waals surface area (Å²) >= 11 is 1.34. The van der Waals surface area contributed by atoms with Crippen LogP contribution in [0.1, 0.15) is 29.8 Å². The van der Waals surface area contributed by atoms with Crippen LogP contribution in [0.25, 0.3) is 11.4 Å². The maximum Gasteiger partial charge on any atom is 0.237 e. The molecule has 0 bridgehead atoms. The van der Waals surface area contributed by atoms with Crippen LogP contribution in [0, 0.1) is 0 Å². The number of methoxy groups -OCH3 is 1. The van der Waals surface area contributed by atoms with Crippen LogP contribution in [0.15, 0.2) is 84.0 Å². The van der Waals surface area contributed by atoms with Gasteiger partial charge in [0, 0.05) is 11.3 Å². The number of ketones is 1. The molecular weight excluding hydrogens is 460 g/mol. The Kier molecular flexibility index (Phi) is 7.62. The van der Waals surface area contributed by atoms with Gasteiger partial charge in [-0.3, -0.25) is 14.2 Å². The number of hydrogen-bond acceptors (Lipinski definition) is 6. The van der Waals surface area contributed by atoms with E-state index in [0.717, 1.165) is 11.1 Å². The Hall–Kier alpha value is -3.91. The Morgan fingerprint density at radius 2 is 1.66 bits per heavy atom. The van der Waals surface area contributed by atoms with Crippen LogP contribution in [0.4, 0.5) is 5.69 Å². The molecule has 0 saturated carbocycles. The van der Waals surface area contributed by atoms with Crippen molar-refractivity contribution in [1.29, 1.82) is 0 Å². The monoisotopic (exact) mass is 486 g/mol. The van der Waals surface area contributed by atoms with E-state index in [4.69, 9.17) is 4.74 Å². The number of anilines is 1. The average molecular weight is 487 g/mol. The second-order valence-electron chi connectivity index (χ2n) is 7.96. The smallest absolute Gasteiger partial charge is 0.237 e. The first-order valence-corrected chi connectivity index (χ1v) is 12.0. The Morgan fingerprint density at radius 1 is 0.971 bits per heavy atom. The van der Waals surface area contributed by atoms with E-state index in [-0.39, 0.29) is 11.7 Å². The fourth-order valence-electron chi connectivity index (χ4n) is 3.56. The zero-order chi connectivity index (χ0) is 24.8. The molecule has 1 N–H and O–H groups in total. The van der Waals surface area contributed by atoms with E-state index in [1.165, 1.54) is 18.7 Å². The second kappa shape index (κ2) is 11.0. The van der Waals surface area contributed by atoms with E-state index in [1.54, 1.807) is 31.4 Å². The van der Waals surface area contributed by atoms with Crippen molar-refractivity contribution in [3.63, 3.8) is 0 Å². The number of benzene rings is 3. The maximum absolute atomic E-state index is 12.9. The largest absolute Gasteiger partial charge is 0.496 e. The van der Waals surface area contributed by atoms with E-state index >= 15 is 0 Å². The SMILES string of the molecule is COc1ccccc1-c1nnc(SC(C)C(=O)Nc2ccc(C(C)=O)cc2)n1Cc1ccccc1. The highest BCUT2D eigenvalue weighted by Crippen LogP contribution is 2.33. The highest BCUT2D eigenvalue weighted by Gasteiger charge is 2.22. The van der Waals surface area contributed by atoms with Crippen LogP contribution in [0.2, 0.25) is 0 Å². The van der Waals surface area contributed by atoms with Gasteiger partial charge in [-0.25, -0.2) is 0 Å². The molecule has 4 aromatic rings. The van der Waals surface area contributed by atoms with Gasteiger partial charge in [0.15, 0.2) is 16.8 Å². The minimum atomic E-state index is -0.438. The van der Waals surface area contributed by atoms with Gasteiger partial charge in [-0.2, -0.15) is 0 Å². The van der Waals surface area contributed by atoms with Crippen LogP contribution in [0.5, 0.6) is 5.75 Å². The summed E-state index contributed by atoms with van der Waals surface area (Å²) in [6, 6.07) is 24.6. The molecule has 178 valence electrons. The zero-order valence-corrected chi connectivity index (χ0v) is 20.6. The first-order chi connectivity index (χ1) is 17.0. The molecule has 0 spiro atoms. The summed E-state index contributed by atoms with van der Waals surface area (Å²) in [4.78, 5) is 24.4. The van der Waals surface area contributed by atoms with Crippen molar-refractivity contribution in [2.75, 3.05) is 12.4 Å². The zero-order valence-electron chi connectivity index (χ0n) is 19.8. The molecule has 0 fully saturated rings. The second-order valence-corrected chi connectivity index (χ2v) is 9.27. The fourth-order valence-corrected chi connectivity index (χ4v) is 4.41. The van der Waals surface area contributed by atoms with Crippen molar-refractivity contribution in [1.82, 2.24) is 14.8 Å². The van der Waals surface area contributed by atoms with Crippen LogP contribution >= 0.6 is 11.8 Å². The van der Waals surface area contributed by atoms with Crippen molar-refractivity contribution in [3.8, 4) is 17.1 Å². The first kappa shape index (κ1) is 24.2. The van der Waals surface area contributed by atoms with Gasteiger partial charge < -0.3 is 10.1 Å². The predicted molar refractivity (Wildman–Crippen MR) is 138 cm³/mol. The Labute approximate surface area is 208 Å². The number of nitrogens with zero attached hydrogens (tertiary/aromatic N) is 3. The van der Waals surface area contributed by atoms with Gasteiger partial charge in [-0.05, 0) is 55.8 Å². The third-order valence-electron chi connectivity index (χ3n) is 5.46. The molecule has 3 aromatic carbocycles. The molecule has 0 aliphatic carbocycles. The van der Waals surface area contributed by atoms with Gasteiger partial charge in [0.25, 0.3) is 0 Å². The third kappa shape index (κ3) is 5.78. The maximum atomic E-state index is 12.9. The van der Waals surface area contributed by atoms with Crippen LogP contribution < -0.4 is 10.1 Å². The normalized spacial score (nSPS) is 11.6. The summed E-state index contributed by atoms with van der Waals surface area (Å²) < 4.78 is 7.55. The molecule has 35 heavy (non-hydrogen) atoms. The van der Waals surface area contributed by atoms with Gasteiger partial charge in [0.2, 0.25) is 5.91 Å². The van der Waals surface area contributed by atoms with Gasteiger partial charge >= 0.3 is 0 Å². The highest BCUT2D eigenvalue weighted by atomic mass is 32.2. The number of para-hydroxylation sites is 1. The average Bonchev–Trinajstić information content (AvgIpc) is 3.26. The summed E-state index contributed by atoms with van der Waals surface area (Å²) in [5, 5.41) is 12.0. The third-order valence-corrected chi connectivity index (χ3v) is 6.54. The van der Waals surface area contributed by atoms with E-state index in [2.05, 4.69) is 15.5 Å². The lowest BCUT2D eigenvalue weighted by Gasteiger charge is -2.15. The number of ether oxygens (including phenoxy) is 1. The molecule has 0 saturated heterocycles. The molecule has 0 radical (unpaired) electrons. The lowest BCUT2D eigenvalue weighted by Crippen LogP contribution is -2.23. The predicted octanol–water partition coefficient (Wildman–Crippen LogP) is 5.32. The van der Waals surface area contributed by atoms with Gasteiger partial charge in [0.05, 0.1) is 24.5 Å². The molecule has 1 unspecified atom stereocenters. The van der Waals surface area contributed by atoms with E-state index in [0.29, 0.717) is 34.5 Å². The van der Waals surface area contributed by atoms with Crippen LogP contribution in [-0.4, -0.2) is 38.8 Å². The quantitative estimate of drug-likeness (QED) is 0.254. The molecule has 0 aliphatic rings. The summed E-state index contributed by atoms with van der Waals surface area (Å²) in [5.74, 6) is 1.18. The number of Topliss-reactive ketones (excluding diaryl/α,β-unsaturated/α-hetero) is 1. The molecular formula is C27H26N4O3S. The van der Waals surface area contributed by atoms with Crippen LogP contribution in [0.3, 0.4) is 0 Å². The Morgan fingerprint density at radius 3 is 2.34 bits per heavy atom. The fraction of sp³-hybridized carbons (Fsp3) is 0.185. The summed E-state index contributed by atoms with van der Waals surface area (Å²) in [6.07, 6.45) is 0. The number of nitrogens with one attached hydrogen (secondary N) is 1. The van der Waals surface area contributed by atoms with Crippen molar-refractivity contribution < 1.29 is 14.3 Å². The Bertz CT molecular complexity index is 1320. The highest BCUT2D eigenvalue weighted by molar-refractivity contribution is 8.00. The van der Waals surface area contributed by atoms with Crippen molar-refractivity contribution in [2.45, 2.75) is 30.8 Å². The van der Waals surface area contributed by atoms with Crippen LogP contribution in [-0.2, 0) is 11.3 Å². The number of hydrogen-bond donors (Lipinski definition) is 1. The number of aromatic nitrogens is 3. The molecule has 1 heterocycles.